The minimum absolute atomic E-state index is 0.0475. The number of hydrogen-bond acceptors (Lipinski definition) is 14. The highest BCUT2D eigenvalue weighted by Gasteiger charge is 2.47. The lowest BCUT2D eigenvalue weighted by Gasteiger charge is -2.42. The summed E-state index contributed by atoms with van der Waals surface area (Å²) in [6, 6.07) is 0. The average Bonchev–Trinajstić information content (AvgIpc) is 3.41. The summed E-state index contributed by atoms with van der Waals surface area (Å²) in [4.78, 5) is 13.1. The van der Waals surface area contributed by atoms with Gasteiger partial charge in [0, 0.05) is 13.0 Å². The van der Waals surface area contributed by atoms with Gasteiger partial charge >= 0.3 is 5.97 Å². The number of ether oxygens (including phenoxy) is 6. The Morgan fingerprint density at radius 2 is 0.867 bits per heavy atom. The molecule has 2 fully saturated rings. The third kappa shape index (κ3) is 34.1. The molecule has 14 nitrogen and oxygen atoms in total. The number of aliphatic hydroxyl groups is 7. The molecule has 11 atom stereocenters. The molecule has 0 aromatic heterocycles. The van der Waals surface area contributed by atoms with E-state index in [4.69, 9.17) is 28.4 Å². The molecule has 434 valence electrons. The van der Waals surface area contributed by atoms with Crippen molar-refractivity contribution in [2.75, 3.05) is 33.0 Å². The van der Waals surface area contributed by atoms with Crippen LogP contribution in [-0.2, 0) is 33.2 Å². The third-order valence-corrected chi connectivity index (χ3v) is 13.7. The van der Waals surface area contributed by atoms with Gasteiger partial charge in [-0.15, -0.1) is 0 Å². The number of unbranched alkanes of at least 4 members (excludes halogenated alkanes) is 21. The number of carbonyl (C=O) groups is 1. The molecule has 0 radical (unpaired) electrons. The molecule has 0 saturated carbocycles. The van der Waals surface area contributed by atoms with Gasteiger partial charge in [-0.1, -0.05) is 189 Å². The zero-order chi connectivity index (χ0) is 54.4. The zero-order valence-corrected chi connectivity index (χ0v) is 46.5. The van der Waals surface area contributed by atoms with Crippen molar-refractivity contribution in [1.29, 1.82) is 0 Å². The van der Waals surface area contributed by atoms with E-state index in [0.29, 0.717) is 13.0 Å². The summed E-state index contributed by atoms with van der Waals surface area (Å²) >= 11 is 0. The van der Waals surface area contributed by atoms with Gasteiger partial charge in [-0.25, -0.2) is 0 Å². The van der Waals surface area contributed by atoms with Crippen molar-refractivity contribution in [3.63, 3.8) is 0 Å². The van der Waals surface area contributed by atoms with Gasteiger partial charge in [0.25, 0.3) is 0 Å². The number of allylic oxidation sites excluding steroid dienone is 12. The molecule has 14 heteroatoms. The summed E-state index contributed by atoms with van der Waals surface area (Å²) in [5.74, 6) is -0.400. The van der Waals surface area contributed by atoms with Gasteiger partial charge in [0.05, 0.1) is 26.4 Å². The third-order valence-electron chi connectivity index (χ3n) is 13.7. The molecule has 11 unspecified atom stereocenters. The molecule has 0 spiro atoms. The summed E-state index contributed by atoms with van der Waals surface area (Å²) < 4.78 is 34.4. The van der Waals surface area contributed by atoms with Crippen molar-refractivity contribution >= 4 is 5.97 Å². The Balaban J connectivity index is 1.71. The van der Waals surface area contributed by atoms with Crippen LogP contribution in [0.4, 0.5) is 0 Å². The van der Waals surface area contributed by atoms with E-state index in [9.17, 15) is 40.5 Å². The summed E-state index contributed by atoms with van der Waals surface area (Å²) in [6.07, 6.45) is 43.9. The van der Waals surface area contributed by atoms with Crippen LogP contribution in [0.5, 0.6) is 0 Å². The molecule has 2 rings (SSSR count). The van der Waals surface area contributed by atoms with Crippen LogP contribution in [0.15, 0.2) is 72.9 Å². The smallest absolute Gasteiger partial charge is 0.306 e. The van der Waals surface area contributed by atoms with Gasteiger partial charge in [0.1, 0.15) is 54.9 Å². The van der Waals surface area contributed by atoms with Crippen LogP contribution in [0.3, 0.4) is 0 Å². The molecule has 0 bridgehead atoms. The summed E-state index contributed by atoms with van der Waals surface area (Å²) in [5.41, 5.74) is 0. The van der Waals surface area contributed by atoms with Gasteiger partial charge < -0.3 is 64.2 Å². The van der Waals surface area contributed by atoms with Gasteiger partial charge in [0.2, 0.25) is 0 Å². The van der Waals surface area contributed by atoms with Crippen LogP contribution in [0.1, 0.15) is 206 Å². The van der Waals surface area contributed by atoms with Crippen LogP contribution >= 0.6 is 0 Å². The molecular formula is C61H106O14. The maximum atomic E-state index is 13.1. The fourth-order valence-electron chi connectivity index (χ4n) is 8.95. The van der Waals surface area contributed by atoms with Crippen molar-refractivity contribution in [1.82, 2.24) is 0 Å². The number of esters is 1. The van der Waals surface area contributed by atoms with E-state index in [1.807, 2.05) is 0 Å². The topological polar surface area (TPSA) is 214 Å². The minimum atomic E-state index is -1.72. The Hall–Kier alpha value is -2.57. The molecule has 75 heavy (non-hydrogen) atoms. The van der Waals surface area contributed by atoms with Crippen LogP contribution in [0.25, 0.3) is 0 Å². The Bertz CT molecular complexity index is 1510. The molecule has 0 aliphatic carbocycles. The molecule has 7 N–H and O–H groups in total. The fraction of sp³-hybridized carbons (Fsp3) is 0.787. The van der Waals surface area contributed by atoms with E-state index in [0.717, 1.165) is 77.0 Å². The summed E-state index contributed by atoms with van der Waals surface area (Å²) in [7, 11) is 0. The summed E-state index contributed by atoms with van der Waals surface area (Å²) in [6.45, 7) is 3.53. The maximum absolute atomic E-state index is 13.1. The van der Waals surface area contributed by atoms with Crippen LogP contribution in [0.2, 0.25) is 0 Å². The second kappa shape index (κ2) is 47.4. The van der Waals surface area contributed by atoms with E-state index in [1.165, 1.54) is 103 Å². The first-order valence-electron chi connectivity index (χ1n) is 29.5. The van der Waals surface area contributed by atoms with Crippen molar-refractivity contribution in [2.45, 2.75) is 274 Å². The van der Waals surface area contributed by atoms with Gasteiger partial charge in [0.15, 0.2) is 12.6 Å². The molecule has 2 heterocycles. The Morgan fingerprint density at radius 3 is 1.36 bits per heavy atom. The normalized spacial score (nSPS) is 25.1. The zero-order valence-electron chi connectivity index (χ0n) is 46.5. The Kier molecular flexibility index (Phi) is 43.3. The lowest BCUT2D eigenvalue weighted by Crippen LogP contribution is -2.61. The number of aliphatic hydroxyl groups excluding tert-OH is 7. The minimum Gasteiger partial charge on any atom is -0.457 e. The van der Waals surface area contributed by atoms with E-state index >= 15 is 0 Å². The van der Waals surface area contributed by atoms with Crippen LogP contribution in [-0.4, -0.2) is 142 Å². The van der Waals surface area contributed by atoms with Crippen molar-refractivity contribution in [3.8, 4) is 0 Å². The van der Waals surface area contributed by atoms with E-state index in [2.05, 4.69) is 86.8 Å². The molecule has 2 aliphatic rings. The fourth-order valence-corrected chi connectivity index (χ4v) is 8.95. The van der Waals surface area contributed by atoms with Gasteiger partial charge in [-0.3, -0.25) is 4.79 Å². The van der Waals surface area contributed by atoms with E-state index in [-0.39, 0.29) is 19.6 Å². The van der Waals surface area contributed by atoms with Crippen molar-refractivity contribution in [3.05, 3.63) is 72.9 Å². The van der Waals surface area contributed by atoms with Gasteiger partial charge in [-0.2, -0.15) is 0 Å². The first-order chi connectivity index (χ1) is 36.6. The SMILES string of the molecule is CC/C=C\C/C=C\C/C=C\C/C=C\CCCCCCC(=O)OC(COCCCCCCCCCCCCCC/C=C\C/C=C\CCCCCCC)COC1OC(COC2OC(CO)C(O)C(O)C2O)C(O)C(O)C1O. The van der Waals surface area contributed by atoms with Gasteiger partial charge in [-0.05, 0) is 83.5 Å². The molecule has 2 aliphatic heterocycles. The largest absolute Gasteiger partial charge is 0.457 e. The number of hydrogen-bond donors (Lipinski definition) is 7. The second-order valence-electron chi connectivity index (χ2n) is 20.4. The first-order valence-corrected chi connectivity index (χ1v) is 29.5. The number of carbonyl (C=O) groups excluding carboxylic acids is 1. The summed E-state index contributed by atoms with van der Waals surface area (Å²) in [5, 5.41) is 72.3. The van der Waals surface area contributed by atoms with Crippen LogP contribution < -0.4 is 0 Å². The van der Waals surface area contributed by atoms with E-state index in [1.54, 1.807) is 0 Å². The van der Waals surface area contributed by atoms with E-state index < -0.39 is 86.7 Å². The predicted octanol–water partition coefficient (Wildman–Crippen LogP) is 10.6. The molecule has 0 amide bonds. The van der Waals surface area contributed by atoms with Crippen molar-refractivity contribution < 1.29 is 69.0 Å². The Labute approximate surface area is 453 Å². The molecule has 2 saturated heterocycles. The average molecular weight is 1060 g/mol. The molecular weight excluding hydrogens is 957 g/mol. The first kappa shape index (κ1) is 68.5. The Morgan fingerprint density at radius 1 is 0.453 bits per heavy atom. The highest BCUT2D eigenvalue weighted by atomic mass is 16.7. The monoisotopic (exact) mass is 1060 g/mol. The molecule has 0 aromatic rings. The van der Waals surface area contributed by atoms with Crippen molar-refractivity contribution in [2.24, 2.45) is 0 Å². The second-order valence-corrected chi connectivity index (χ2v) is 20.4. The lowest BCUT2D eigenvalue weighted by atomic mass is 9.98. The lowest BCUT2D eigenvalue weighted by molar-refractivity contribution is -0.332. The molecule has 0 aromatic carbocycles. The maximum Gasteiger partial charge on any atom is 0.306 e. The number of rotatable bonds is 47. The highest BCUT2D eigenvalue weighted by molar-refractivity contribution is 5.69. The quantitative estimate of drug-likeness (QED) is 0.0172. The van der Waals surface area contributed by atoms with Crippen LogP contribution in [0, 0.1) is 0 Å². The predicted molar refractivity (Wildman–Crippen MR) is 298 cm³/mol. The standard InChI is InChI=1S/C61H106O14/c1-3-5-7-9-11-13-15-17-19-21-22-23-24-25-26-27-29-31-33-35-37-39-41-43-45-70-47-50(73-53(63)44-42-40-38-36-34-32-30-28-20-18-16-14-12-10-8-6-4-2)48-71-60-59(69)57(67)55(65)52(75-60)49-72-61-58(68)56(66)54(64)51(46-62)74-61/h6,8,12,14-15,17-18,20-22,30,32,50-52,54-62,64-69H,3-5,7,9-11,13,16,19,23-29,31,33-49H2,1-2H3/b8-6-,14-12-,17-15-,20-18-,22-21-,32-30-. The highest BCUT2D eigenvalue weighted by Crippen LogP contribution is 2.26.